The van der Waals surface area contributed by atoms with E-state index in [4.69, 9.17) is 0 Å². The van der Waals surface area contributed by atoms with Gasteiger partial charge in [-0.3, -0.25) is 9.69 Å². The summed E-state index contributed by atoms with van der Waals surface area (Å²) in [4.78, 5) is 20.8. The number of likely N-dealkylation sites (tertiary alicyclic amines) is 1. The van der Waals surface area contributed by atoms with Gasteiger partial charge in [0.2, 0.25) is 0 Å². The van der Waals surface area contributed by atoms with Crippen LogP contribution in [-0.4, -0.2) is 60.1 Å². The Balaban J connectivity index is 1.60. The molecule has 0 unspecified atom stereocenters. The van der Waals surface area contributed by atoms with E-state index in [2.05, 4.69) is 29.1 Å². The summed E-state index contributed by atoms with van der Waals surface area (Å²) in [6, 6.07) is 1.81. The van der Waals surface area contributed by atoms with Crippen molar-refractivity contribution >= 4 is 22.8 Å². The average molecular weight is 537 g/mol. The number of carbonyl (C=O) groups is 1. The molecule has 1 amide bonds. The number of amidine groups is 1. The number of allylic oxidation sites excluding steroid dienone is 1. The smallest absolute Gasteiger partial charge is 0.368 e. The van der Waals surface area contributed by atoms with Gasteiger partial charge in [0.05, 0.1) is 16.0 Å². The number of halogens is 6. The number of hydrogen-bond acceptors (Lipinski definition) is 5. The Kier molecular flexibility index (Phi) is 9.50. The van der Waals surface area contributed by atoms with Gasteiger partial charge in [0, 0.05) is 19.6 Å². The molecule has 0 aliphatic carbocycles. The first-order valence-electron chi connectivity index (χ1n) is 11.9. The molecule has 1 fully saturated rings. The molecule has 0 atom stereocenters. The molecule has 5 nitrogen and oxygen atoms in total. The van der Waals surface area contributed by atoms with Gasteiger partial charge in [-0.25, -0.2) is 0 Å². The third kappa shape index (κ3) is 7.72. The van der Waals surface area contributed by atoms with E-state index in [9.17, 15) is 31.1 Å². The number of piperidine rings is 1. The van der Waals surface area contributed by atoms with Crippen LogP contribution in [0.4, 0.5) is 31.1 Å². The van der Waals surface area contributed by atoms with Crippen LogP contribution in [0.5, 0.6) is 0 Å². The summed E-state index contributed by atoms with van der Waals surface area (Å²) in [5.74, 6) is 0.679. The fourth-order valence-corrected chi connectivity index (χ4v) is 5.11. The Labute approximate surface area is 211 Å². The van der Waals surface area contributed by atoms with Crippen LogP contribution in [0.25, 0.3) is 0 Å². The van der Waals surface area contributed by atoms with Crippen molar-refractivity contribution in [3.8, 4) is 0 Å². The van der Waals surface area contributed by atoms with Gasteiger partial charge in [-0.05, 0) is 74.4 Å². The minimum absolute atomic E-state index is 0.0802. The lowest BCUT2D eigenvalue weighted by Crippen LogP contribution is -2.35. The number of nitrogens with zero attached hydrogens (tertiary/aromatic N) is 3. The van der Waals surface area contributed by atoms with Gasteiger partial charge in [0.15, 0.2) is 0 Å². The van der Waals surface area contributed by atoms with Gasteiger partial charge in [-0.2, -0.15) is 31.3 Å². The first-order chi connectivity index (χ1) is 16.9. The number of carbonyl (C=O) groups excluding carboxylic acids is 1. The summed E-state index contributed by atoms with van der Waals surface area (Å²) in [6.07, 6.45) is -6.40. The highest BCUT2D eigenvalue weighted by Crippen LogP contribution is 2.38. The third-order valence-corrected chi connectivity index (χ3v) is 7.22. The minimum Gasteiger partial charge on any atom is -0.368 e. The maximum Gasteiger partial charge on any atom is 0.416 e. The van der Waals surface area contributed by atoms with Gasteiger partial charge in [-0.15, -0.1) is 0 Å². The first kappa shape index (κ1) is 28.5. The van der Waals surface area contributed by atoms with Gasteiger partial charge >= 0.3 is 17.6 Å². The number of amides is 1. The second-order valence-electron chi connectivity index (χ2n) is 8.79. The molecular weight excluding hydrogens is 506 g/mol. The number of hydrogen-bond donors (Lipinski definition) is 1. The van der Waals surface area contributed by atoms with Gasteiger partial charge in [-0.1, -0.05) is 26.0 Å². The van der Waals surface area contributed by atoms with Crippen LogP contribution in [0.3, 0.4) is 0 Å². The number of aliphatic imine (C=N–C) groups is 1. The van der Waals surface area contributed by atoms with Crippen molar-refractivity contribution < 1.29 is 31.1 Å². The van der Waals surface area contributed by atoms with Crippen molar-refractivity contribution in [2.45, 2.75) is 45.6 Å². The molecule has 36 heavy (non-hydrogen) atoms. The SMILES string of the molecule is CCN(CC)CCNC1=NC(=O)S/C1=C\C1CCN(Cc2ccc(C(F)(F)F)cc2C(F)(F)F)CC1. The van der Waals surface area contributed by atoms with Crippen molar-refractivity contribution in [1.29, 1.82) is 0 Å². The molecule has 3 rings (SSSR count). The highest BCUT2D eigenvalue weighted by molar-refractivity contribution is 8.18. The summed E-state index contributed by atoms with van der Waals surface area (Å²) in [5, 5.41) is 2.94. The summed E-state index contributed by atoms with van der Waals surface area (Å²) in [6.45, 7) is 8.39. The molecule has 1 aromatic carbocycles. The lowest BCUT2D eigenvalue weighted by Gasteiger charge is -2.31. The maximum atomic E-state index is 13.5. The second kappa shape index (κ2) is 12.0. The van der Waals surface area contributed by atoms with Crippen LogP contribution in [0, 0.1) is 5.92 Å². The zero-order valence-corrected chi connectivity index (χ0v) is 21.0. The van der Waals surface area contributed by atoms with E-state index in [0.29, 0.717) is 44.4 Å². The fourth-order valence-electron chi connectivity index (χ4n) is 4.31. The number of likely N-dealkylation sites (N-methyl/N-ethyl adjacent to an activating group) is 1. The molecule has 2 heterocycles. The van der Waals surface area contributed by atoms with Crippen LogP contribution in [0.1, 0.15) is 43.4 Å². The van der Waals surface area contributed by atoms with Gasteiger partial charge in [0.1, 0.15) is 5.84 Å². The standard InChI is InChI=1S/C24H30F6N4OS/c1-3-33(4-2)12-9-31-21-20(36-22(35)32-21)13-16-7-10-34(11-8-16)15-17-5-6-18(23(25,26)27)14-19(17)24(28,29)30/h5-6,13-14,16H,3-4,7-12,15H2,1-2H3,(H,31,32,35)/b20-13-. The monoisotopic (exact) mass is 536 g/mol. The Bertz CT molecular complexity index is 980. The minimum atomic E-state index is -4.88. The first-order valence-corrected chi connectivity index (χ1v) is 12.7. The van der Waals surface area contributed by atoms with Gasteiger partial charge in [0.25, 0.3) is 0 Å². The number of alkyl halides is 6. The summed E-state index contributed by atoms with van der Waals surface area (Å²) in [7, 11) is 0. The van der Waals surface area contributed by atoms with E-state index in [-0.39, 0.29) is 29.3 Å². The number of thioether (sulfide) groups is 1. The van der Waals surface area contributed by atoms with Crippen LogP contribution >= 0.6 is 11.8 Å². The summed E-state index contributed by atoms with van der Waals surface area (Å²) < 4.78 is 79.1. The molecular formula is C24H30F6N4OS. The molecule has 200 valence electrons. The van der Waals surface area contributed by atoms with E-state index < -0.39 is 23.5 Å². The van der Waals surface area contributed by atoms with Crippen molar-refractivity contribution in [3.05, 3.63) is 45.9 Å². The maximum absolute atomic E-state index is 13.5. The predicted molar refractivity (Wildman–Crippen MR) is 129 cm³/mol. The highest BCUT2D eigenvalue weighted by Gasteiger charge is 2.38. The van der Waals surface area contributed by atoms with E-state index in [1.54, 1.807) is 0 Å². The number of nitrogens with one attached hydrogen (secondary N) is 1. The van der Waals surface area contributed by atoms with Crippen LogP contribution in [-0.2, 0) is 18.9 Å². The molecule has 0 bridgehead atoms. The predicted octanol–water partition coefficient (Wildman–Crippen LogP) is 6.02. The van der Waals surface area contributed by atoms with Crippen LogP contribution in [0.2, 0.25) is 0 Å². The topological polar surface area (TPSA) is 47.9 Å². The average Bonchev–Trinajstić information content (AvgIpc) is 3.15. The van der Waals surface area contributed by atoms with Crippen molar-refractivity contribution in [1.82, 2.24) is 15.1 Å². The van der Waals surface area contributed by atoms with E-state index in [0.717, 1.165) is 42.4 Å². The molecule has 0 saturated carbocycles. The zero-order valence-electron chi connectivity index (χ0n) is 20.2. The van der Waals surface area contributed by atoms with Crippen LogP contribution in [0.15, 0.2) is 34.2 Å². The van der Waals surface area contributed by atoms with E-state index >= 15 is 0 Å². The molecule has 1 saturated heterocycles. The van der Waals surface area contributed by atoms with Crippen LogP contribution < -0.4 is 5.32 Å². The molecule has 12 heteroatoms. The Morgan fingerprint density at radius 3 is 2.36 bits per heavy atom. The molecule has 1 N–H and O–H groups in total. The molecule has 0 spiro atoms. The quantitative estimate of drug-likeness (QED) is 0.412. The Morgan fingerprint density at radius 1 is 1.11 bits per heavy atom. The van der Waals surface area contributed by atoms with Gasteiger partial charge < -0.3 is 10.2 Å². The number of rotatable bonds is 8. The summed E-state index contributed by atoms with van der Waals surface area (Å²) >= 11 is 1.06. The lowest BCUT2D eigenvalue weighted by molar-refractivity contribution is -0.143. The molecule has 0 aromatic heterocycles. The van der Waals surface area contributed by atoms with E-state index in [1.165, 1.54) is 0 Å². The van der Waals surface area contributed by atoms with E-state index in [1.807, 2.05) is 11.0 Å². The molecule has 0 radical (unpaired) electrons. The van der Waals surface area contributed by atoms with Crippen molar-refractivity contribution in [2.75, 3.05) is 39.3 Å². The molecule has 2 aliphatic rings. The fraction of sp³-hybridized carbons (Fsp3) is 0.583. The summed E-state index contributed by atoms with van der Waals surface area (Å²) in [5.41, 5.74) is -2.73. The normalized spacial score (nSPS) is 19.4. The lowest BCUT2D eigenvalue weighted by atomic mass is 9.95. The Hall–Kier alpha value is -2.05. The largest absolute Gasteiger partial charge is 0.416 e. The molecule has 1 aromatic rings. The zero-order chi connectivity index (χ0) is 26.5. The highest BCUT2D eigenvalue weighted by atomic mass is 32.2. The molecule has 2 aliphatic heterocycles. The third-order valence-electron chi connectivity index (χ3n) is 6.40. The Morgan fingerprint density at radius 2 is 1.78 bits per heavy atom. The second-order valence-corrected chi connectivity index (χ2v) is 9.79. The van der Waals surface area contributed by atoms with Crippen molar-refractivity contribution in [3.63, 3.8) is 0 Å². The number of benzene rings is 1. The van der Waals surface area contributed by atoms with Crippen molar-refractivity contribution in [2.24, 2.45) is 10.9 Å².